The van der Waals surface area contributed by atoms with Crippen LogP contribution in [0.3, 0.4) is 0 Å². The maximum Gasteiger partial charge on any atom is 0.254 e. The molecule has 2 aromatic heterocycles. The van der Waals surface area contributed by atoms with E-state index in [4.69, 9.17) is 10.5 Å². The number of aromatic nitrogens is 4. The first kappa shape index (κ1) is 24.7. The summed E-state index contributed by atoms with van der Waals surface area (Å²) in [7, 11) is 0. The molecule has 0 radical (unpaired) electrons. The highest BCUT2D eigenvalue weighted by Crippen LogP contribution is 2.32. The van der Waals surface area contributed by atoms with Gasteiger partial charge in [-0.3, -0.25) is 14.3 Å². The summed E-state index contributed by atoms with van der Waals surface area (Å²) in [6.07, 6.45) is 7.90. The Kier molecular flexibility index (Phi) is 7.47. The number of nitrogens with one attached hydrogen (secondary N) is 2. The Balaban J connectivity index is 1.52. The zero-order chi connectivity index (χ0) is 25.7. The molecule has 1 aromatic carbocycles. The summed E-state index contributed by atoms with van der Waals surface area (Å²) in [4.78, 5) is 34.4. The predicted molar refractivity (Wildman–Crippen MR) is 137 cm³/mol. The Hall–Kier alpha value is -4.41. The molecule has 1 aliphatic rings. The molecule has 0 aliphatic carbocycles. The van der Waals surface area contributed by atoms with Crippen LogP contribution in [-0.4, -0.2) is 56.2 Å². The number of carbonyl (C=O) groups excluding carboxylic acids is 2. The van der Waals surface area contributed by atoms with Gasteiger partial charge in [-0.2, -0.15) is 10.1 Å². The Bertz CT molecular complexity index is 1260. The van der Waals surface area contributed by atoms with Gasteiger partial charge < -0.3 is 26.0 Å². The van der Waals surface area contributed by atoms with Crippen molar-refractivity contribution in [3.8, 4) is 5.75 Å². The summed E-state index contributed by atoms with van der Waals surface area (Å²) in [5.41, 5.74) is 8.05. The van der Waals surface area contributed by atoms with Crippen molar-refractivity contribution >= 4 is 35.0 Å². The average molecular weight is 491 g/mol. The lowest BCUT2D eigenvalue weighted by Gasteiger charge is -2.31. The molecule has 1 fully saturated rings. The van der Waals surface area contributed by atoms with Gasteiger partial charge in [0.25, 0.3) is 5.91 Å². The number of rotatable bonds is 9. The first-order valence-corrected chi connectivity index (χ1v) is 11.8. The van der Waals surface area contributed by atoms with Gasteiger partial charge in [0.05, 0.1) is 30.2 Å². The minimum atomic E-state index is -0.648. The molecule has 4 N–H and O–H groups in total. The van der Waals surface area contributed by atoms with E-state index < -0.39 is 5.91 Å². The lowest BCUT2D eigenvalue weighted by molar-refractivity contribution is -0.127. The monoisotopic (exact) mass is 490 g/mol. The van der Waals surface area contributed by atoms with Gasteiger partial charge in [0.2, 0.25) is 11.9 Å². The molecule has 1 aliphatic heterocycles. The molecular weight excluding hydrogens is 460 g/mol. The van der Waals surface area contributed by atoms with E-state index in [1.807, 2.05) is 42.9 Å². The summed E-state index contributed by atoms with van der Waals surface area (Å²) < 4.78 is 7.61. The van der Waals surface area contributed by atoms with Crippen molar-refractivity contribution in [3.05, 3.63) is 60.6 Å². The second-order valence-electron chi connectivity index (χ2n) is 8.42. The number of hydrogen-bond donors (Lipinski definition) is 3. The lowest BCUT2D eigenvalue weighted by Crippen LogP contribution is -2.38. The smallest absolute Gasteiger partial charge is 0.254 e. The first-order valence-electron chi connectivity index (χ1n) is 11.8. The van der Waals surface area contributed by atoms with Crippen LogP contribution in [-0.2, 0) is 4.79 Å². The molecule has 36 heavy (non-hydrogen) atoms. The number of carbonyl (C=O) groups is 2. The zero-order valence-electron chi connectivity index (χ0n) is 20.4. The summed E-state index contributed by atoms with van der Waals surface area (Å²) in [6.45, 7) is 9.20. The minimum Gasteiger partial charge on any atom is -0.492 e. The van der Waals surface area contributed by atoms with E-state index in [2.05, 4.69) is 32.3 Å². The summed E-state index contributed by atoms with van der Waals surface area (Å²) >= 11 is 0. The molecule has 11 heteroatoms. The molecule has 1 saturated heterocycles. The largest absolute Gasteiger partial charge is 0.492 e. The molecule has 4 rings (SSSR count). The molecule has 3 heterocycles. The Labute approximate surface area is 209 Å². The van der Waals surface area contributed by atoms with E-state index >= 15 is 0 Å². The molecule has 2 amide bonds. The summed E-state index contributed by atoms with van der Waals surface area (Å²) in [5.74, 6) is 0.492. The molecule has 0 atom stereocenters. The average Bonchev–Trinajstić information content (AvgIpc) is 3.34. The van der Waals surface area contributed by atoms with E-state index in [1.54, 1.807) is 11.1 Å². The number of likely N-dealkylation sites (tertiary alicyclic amines) is 1. The third-order valence-corrected chi connectivity index (χ3v) is 6.01. The second-order valence-corrected chi connectivity index (χ2v) is 8.42. The van der Waals surface area contributed by atoms with Crippen LogP contribution in [0.15, 0.2) is 49.4 Å². The fourth-order valence-corrected chi connectivity index (χ4v) is 4.12. The van der Waals surface area contributed by atoms with Gasteiger partial charge in [-0.1, -0.05) is 18.7 Å². The number of aryl methyl sites for hydroxylation is 1. The Morgan fingerprint density at radius 1 is 1.25 bits per heavy atom. The molecule has 3 aromatic rings. The molecule has 0 unspecified atom stereocenters. The van der Waals surface area contributed by atoms with Crippen molar-refractivity contribution < 1.29 is 14.3 Å². The van der Waals surface area contributed by atoms with Crippen molar-refractivity contribution in [2.24, 2.45) is 5.73 Å². The molecule has 11 nitrogen and oxygen atoms in total. The number of amides is 2. The number of para-hydroxylation sites is 1. The third kappa shape index (κ3) is 5.45. The zero-order valence-corrected chi connectivity index (χ0v) is 20.4. The number of ether oxygens (including phenoxy) is 1. The highest BCUT2D eigenvalue weighted by atomic mass is 16.5. The molecule has 0 saturated carbocycles. The maximum absolute atomic E-state index is 12.0. The highest BCUT2D eigenvalue weighted by Gasteiger charge is 2.23. The van der Waals surface area contributed by atoms with Gasteiger partial charge in [0.1, 0.15) is 17.1 Å². The van der Waals surface area contributed by atoms with Crippen molar-refractivity contribution in [2.45, 2.75) is 32.7 Å². The van der Waals surface area contributed by atoms with Crippen LogP contribution < -0.4 is 21.1 Å². The lowest BCUT2D eigenvalue weighted by atomic mass is 10.1. The minimum absolute atomic E-state index is 0.0451. The maximum atomic E-state index is 12.0. The van der Waals surface area contributed by atoms with Crippen LogP contribution in [0, 0.1) is 6.92 Å². The van der Waals surface area contributed by atoms with Gasteiger partial charge in [-0.05, 0) is 44.4 Å². The number of primary amides is 1. The quantitative estimate of drug-likeness (QED) is 0.388. The number of nitrogens with zero attached hydrogens (tertiary/aromatic N) is 5. The van der Waals surface area contributed by atoms with Crippen LogP contribution in [0.4, 0.5) is 23.1 Å². The summed E-state index contributed by atoms with van der Waals surface area (Å²) in [5, 5.41) is 10.8. The van der Waals surface area contributed by atoms with E-state index in [0.717, 1.165) is 18.4 Å². The normalized spacial score (nSPS) is 13.8. The van der Waals surface area contributed by atoms with Gasteiger partial charge in [0, 0.05) is 25.5 Å². The number of nitrogens with two attached hydrogens (primary N) is 1. The van der Waals surface area contributed by atoms with E-state index in [1.165, 1.54) is 12.3 Å². The number of piperidine rings is 1. The van der Waals surface area contributed by atoms with Gasteiger partial charge in [-0.25, -0.2) is 4.98 Å². The standard InChI is InChI=1S/C25H30N8O3/c1-4-21(34)32-11-9-18(10-12-32)33-15-17(13-28-33)29-25-27-14-19(23(26)35)24(31-25)30-22-16(3)7-6-8-20(22)36-5-2/h4,6-8,13-15,18H,1,5,9-12H2,2-3H3,(H2,26,35)(H2,27,29,30,31). The molecule has 0 spiro atoms. The second kappa shape index (κ2) is 10.9. The fourth-order valence-electron chi connectivity index (χ4n) is 4.12. The van der Waals surface area contributed by atoms with E-state index in [0.29, 0.717) is 36.8 Å². The van der Waals surface area contributed by atoms with Crippen molar-refractivity contribution in [3.63, 3.8) is 0 Å². The van der Waals surface area contributed by atoms with Gasteiger partial charge in [-0.15, -0.1) is 0 Å². The van der Waals surface area contributed by atoms with Crippen LogP contribution in [0.1, 0.15) is 41.7 Å². The number of hydrogen-bond acceptors (Lipinski definition) is 8. The highest BCUT2D eigenvalue weighted by molar-refractivity contribution is 5.98. The van der Waals surface area contributed by atoms with Crippen LogP contribution >= 0.6 is 0 Å². The predicted octanol–water partition coefficient (Wildman–Crippen LogP) is 3.32. The number of benzene rings is 1. The van der Waals surface area contributed by atoms with Crippen molar-refractivity contribution in [2.75, 3.05) is 30.3 Å². The van der Waals surface area contributed by atoms with Gasteiger partial charge >= 0.3 is 0 Å². The molecule has 0 bridgehead atoms. The fraction of sp³-hybridized carbons (Fsp3) is 0.320. The first-order chi connectivity index (χ1) is 17.4. The summed E-state index contributed by atoms with van der Waals surface area (Å²) in [6, 6.07) is 5.85. The number of anilines is 4. The third-order valence-electron chi connectivity index (χ3n) is 6.01. The van der Waals surface area contributed by atoms with Crippen molar-refractivity contribution in [1.82, 2.24) is 24.6 Å². The molecular formula is C25H30N8O3. The Morgan fingerprint density at radius 2 is 2.03 bits per heavy atom. The van der Waals surface area contributed by atoms with Gasteiger partial charge in [0.15, 0.2) is 0 Å². The van der Waals surface area contributed by atoms with Crippen LogP contribution in [0.2, 0.25) is 0 Å². The van der Waals surface area contributed by atoms with E-state index in [-0.39, 0.29) is 29.3 Å². The topological polar surface area (TPSA) is 140 Å². The SMILES string of the molecule is C=CC(=O)N1CCC(n2cc(Nc3ncc(C(N)=O)c(Nc4c(C)cccc4OCC)n3)cn2)CC1. The Morgan fingerprint density at radius 3 is 2.72 bits per heavy atom. The van der Waals surface area contributed by atoms with Crippen LogP contribution in [0.5, 0.6) is 5.75 Å². The molecule has 188 valence electrons. The van der Waals surface area contributed by atoms with E-state index in [9.17, 15) is 9.59 Å². The van der Waals surface area contributed by atoms with Crippen LogP contribution in [0.25, 0.3) is 0 Å². The van der Waals surface area contributed by atoms with Crippen molar-refractivity contribution in [1.29, 1.82) is 0 Å².